The van der Waals surface area contributed by atoms with Gasteiger partial charge in [-0.1, -0.05) is 0 Å². The number of amides is 1. The van der Waals surface area contributed by atoms with E-state index in [0.717, 1.165) is 10.2 Å². The average molecular weight is 518 g/mol. The van der Waals surface area contributed by atoms with Crippen LogP contribution in [0.15, 0.2) is 76.3 Å². The molecule has 2 heterocycles. The summed E-state index contributed by atoms with van der Waals surface area (Å²) in [6.07, 6.45) is 0. The van der Waals surface area contributed by atoms with Crippen LogP contribution in [0.25, 0.3) is 22.5 Å². The molecule has 4 aromatic rings. The molecule has 0 spiro atoms. The van der Waals surface area contributed by atoms with Crippen molar-refractivity contribution in [2.45, 2.75) is 13.1 Å². The number of carbonyl (C=O) groups is 1. The molecule has 0 aliphatic heterocycles. The largest absolute Gasteiger partial charge is 0.497 e. The Balaban J connectivity index is 1.43. The van der Waals surface area contributed by atoms with Crippen molar-refractivity contribution in [3.05, 3.63) is 87.4 Å². The van der Waals surface area contributed by atoms with Gasteiger partial charge in [-0.15, -0.1) is 0 Å². The number of hydrogen-bond acceptors (Lipinski definition) is 8. The smallest absolute Gasteiger partial charge is 0.267 e. The Kier molecular flexibility index (Phi) is 8.17. The zero-order valence-corrected chi connectivity index (χ0v) is 21.2. The molecule has 196 valence electrons. The van der Waals surface area contributed by atoms with E-state index in [0.29, 0.717) is 34.2 Å². The summed E-state index contributed by atoms with van der Waals surface area (Å²) in [6.45, 7) is -0.0128. The molecular formula is C27H27N5O6. The predicted molar refractivity (Wildman–Crippen MR) is 141 cm³/mol. The number of carbonyl (C=O) groups excluding carboxylic acids is 1. The van der Waals surface area contributed by atoms with Crippen molar-refractivity contribution in [2.75, 3.05) is 27.9 Å². The van der Waals surface area contributed by atoms with Crippen LogP contribution >= 0.6 is 0 Å². The molecule has 2 aromatic heterocycles. The summed E-state index contributed by atoms with van der Waals surface area (Å²) in [5, 5.41) is 11.4. The van der Waals surface area contributed by atoms with Crippen LogP contribution in [-0.2, 0) is 17.9 Å². The van der Waals surface area contributed by atoms with Gasteiger partial charge >= 0.3 is 0 Å². The zero-order chi connectivity index (χ0) is 27.1. The molecule has 0 saturated carbocycles. The highest BCUT2D eigenvalue weighted by Gasteiger charge is 2.13. The topological polar surface area (TPSA) is 127 Å². The lowest BCUT2D eigenvalue weighted by Crippen LogP contribution is -2.36. The number of rotatable bonds is 10. The van der Waals surface area contributed by atoms with Crippen LogP contribution in [0.5, 0.6) is 17.2 Å². The Hall–Kier alpha value is -4.93. The van der Waals surface area contributed by atoms with Crippen LogP contribution in [0.1, 0.15) is 0 Å². The molecule has 1 N–H and O–H groups in total. The fourth-order valence-electron chi connectivity index (χ4n) is 3.74. The fourth-order valence-corrected chi connectivity index (χ4v) is 3.74. The number of nitrogens with zero attached hydrogens (tertiary/aromatic N) is 4. The molecule has 0 fully saturated rings. The Morgan fingerprint density at radius 3 is 2.08 bits per heavy atom. The van der Waals surface area contributed by atoms with Crippen molar-refractivity contribution in [3.8, 4) is 39.8 Å². The number of hydrogen-bond donors (Lipinski definition) is 1. The predicted octanol–water partition coefficient (Wildman–Crippen LogP) is 1.98. The summed E-state index contributed by atoms with van der Waals surface area (Å²) in [7, 11) is 4.66. The quantitative estimate of drug-likeness (QED) is 0.338. The number of nitrogens with one attached hydrogen (secondary N) is 1. The summed E-state index contributed by atoms with van der Waals surface area (Å²) in [4.78, 5) is 37.2. The van der Waals surface area contributed by atoms with Gasteiger partial charge in [-0.3, -0.25) is 14.4 Å². The first-order chi connectivity index (χ1) is 18.4. The Bertz CT molecular complexity index is 1550. The minimum absolute atomic E-state index is 0.135. The molecule has 0 aliphatic carbocycles. The number of ether oxygens (including phenoxy) is 3. The molecule has 38 heavy (non-hydrogen) atoms. The maximum Gasteiger partial charge on any atom is 0.267 e. The van der Waals surface area contributed by atoms with Gasteiger partial charge < -0.3 is 19.5 Å². The summed E-state index contributed by atoms with van der Waals surface area (Å²) < 4.78 is 18.2. The lowest BCUT2D eigenvalue weighted by molar-refractivity contribution is -0.121. The van der Waals surface area contributed by atoms with Gasteiger partial charge in [0.15, 0.2) is 0 Å². The van der Waals surface area contributed by atoms with E-state index in [1.54, 1.807) is 44.6 Å². The van der Waals surface area contributed by atoms with E-state index in [9.17, 15) is 14.4 Å². The maximum absolute atomic E-state index is 12.6. The number of methoxy groups -OCH3 is 3. The molecule has 0 saturated heterocycles. The van der Waals surface area contributed by atoms with Crippen LogP contribution in [0.3, 0.4) is 0 Å². The van der Waals surface area contributed by atoms with Crippen LogP contribution in [-0.4, -0.2) is 53.3 Å². The van der Waals surface area contributed by atoms with Gasteiger partial charge in [-0.2, -0.15) is 10.2 Å². The monoisotopic (exact) mass is 517 g/mol. The van der Waals surface area contributed by atoms with Gasteiger partial charge in [0.2, 0.25) is 5.91 Å². The average Bonchev–Trinajstić information content (AvgIpc) is 2.95. The molecule has 1 amide bonds. The first-order valence-electron chi connectivity index (χ1n) is 11.7. The highest BCUT2D eigenvalue weighted by Crippen LogP contribution is 2.31. The van der Waals surface area contributed by atoms with E-state index in [2.05, 4.69) is 15.5 Å². The zero-order valence-electron chi connectivity index (χ0n) is 21.2. The minimum atomic E-state index is -0.436. The van der Waals surface area contributed by atoms with Crippen molar-refractivity contribution in [1.82, 2.24) is 24.9 Å². The SMILES string of the molecule is COc1ccc(-c2ccc(=O)n(CCNC(=O)Cn3nc(-c4cc(OC)ccc4OC)ccc3=O)n2)cc1. The second kappa shape index (κ2) is 11.9. The molecule has 0 radical (unpaired) electrons. The van der Waals surface area contributed by atoms with E-state index >= 15 is 0 Å². The minimum Gasteiger partial charge on any atom is -0.497 e. The summed E-state index contributed by atoms with van der Waals surface area (Å²) in [5.74, 6) is 1.42. The van der Waals surface area contributed by atoms with Crippen molar-refractivity contribution in [3.63, 3.8) is 0 Å². The molecular weight excluding hydrogens is 490 g/mol. The van der Waals surface area contributed by atoms with Gasteiger partial charge in [0.1, 0.15) is 23.8 Å². The molecule has 0 unspecified atom stereocenters. The highest BCUT2D eigenvalue weighted by atomic mass is 16.5. The third-order valence-corrected chi connectivity index (χ3v) is 5.74. The normalized spacial score (nSPS) is 10.6. The first-order valence-corrected chi connectivity index (χ1v) is 11.7. The van der Waals surface area contributed by atoms with Gasteiger partial charge in [0.25, 0.3) is 11.1 Å². The van der Waals surface area contributed by atoms with Crippen molar-refractivity contribution < 1.29 is 19.0 Å². The van der Waals surface area contributed by atoms with Crippen LogP contribution in [0.2, 0.25) is 0 Å². The summed E-state index contributed by atoms with van der Waals surface area (Å²) >= 11 is 0. The Morgan fingerprint density at radius 1 is 0.763 bits per heavy atom. The van der Waals surface area contributed by atoms with Gasteiger partial charge in [0.05, 0.1) is 39.3 Å². The van der Waals surface area contributed by atoms with Crippen LogP contribution in [0.4, 0.5) is 0 Å². The summed E-state index contributed by atoms with van der Waals surface area (Å²) in [6, 6.07) is 18.5. The standard InChI is InChI=1S/C27H27N5O6/c1-36-19-6-4-18(5-7-19)22-9-12-26(34)31(29-22)15-14-28-25(33)17-32-27(35)13-10-23(30-32)21-16-20(37-2)8-11-24(21)38-3/h4-13,16H,14-15,17H2,1-3H3,(H,28,33). The molecule has 11 nitrogen and oxygen atoms in total. The highest BCUT2D eigenvalue weighted by molar-refractivity contribution is 5.75. The molecule has 4 rings (SSSR count). The fraction of sp³-hybridized carbons (Fsp3) is 0.222. The van der Waals surface area contributed by atoms with Crippen LogP contribution in [0, 0.1) is 0 Å². The number of aromatic nitrogens is 4. The Labute approximate surface area is 218 Å². The van der Waals surface area contributed by atoms with E-state index in [4.69, 9.17) is 14.2 Å². The number of benzene rings is 2. The molecule has 0 aliphatic rings. The molecule has 2 aromatic carbocycles. The summed E-state index contributed by atoms with van der Waals surface area (Å²) in [5.41, 5.74) is 1.76. The molecule has 0 bridgehead atoms. The van der Waals surface area contributed by atoms with E-state index < -0.39 is 11.5 Å². The van der Waals surface area contributed by atoms with E-state index in [-0.39, 0.29) is 25.2 Å². The van der Waals surface area contributed by atoms with E-state index in [1.807, 2.05) is 24.3 Å². The van der Waals surface area contributed by atoms with Gasteiger partial charge in [-0.05, 0) is 54.6 Å². The molecule has 0 atom stereocenters. The lowest BCUT2D eigenvalue weighted by atomic mass is 10.1. The third kappa shape index (κ3) is 6.06. The Morgan fingerprint density at radius 2 is 1.39 bits per heavy atom. The van der Waals surface area contributed by atoms with E-state index in [1.165, 1.54) is 23.9 Å². The lowest BCUT2D eigenvalue weighted by Gasteiger charge is -2.12. The third-order valence-electron chi connectivity index (χ3n) is 5.74. The van der Waals surface area contributed by atoms with Gasteiger partial charge in [-0.25, -0.2) is 9.36 Å². The van der Waals surface area contributed by atoms with Crippen LogP contribution < -0.4 is 30.6 Å². The van der Waals surface area contributed by atoms with Crippen molar-refractivity contribution in [1.29, 1.82) is 0 Å². The maximum atomic E-state index is 12.6. The van der Waals surface area contributed by atoms with Crippen molar-refractivity contribution >= 4 is 5.91 Å². The van der Waals surface area contributed by atoms with Gasteiger partial charge in [0, 0.05) is 29.8 Å². The molecule has 11 heteroatoms. The second-order valence-electron chi connectivity index (χ2n) is 8.14. The van der Waals surface area contributed by atoms with Crippen molar-refractivity contribution in [2.24, 2.45) is 0 Å². The first kappa shape index (κ1) is 26.1. The second-order valence-corrected chi connectivity index (χ2v) is 8.14.